The third-order valence-electron chi connectivity index (χ3n) is 2.65. The number of fused-ring (bicyclic) bond motifs is 1. The summed E-state index contributed by atoms with van der Waals surface area (Å²) in [6.45, 7) is 2.26. The third-order valence-corrected chi connectivity index (χ3v) is 2.65. The van der Waals surface area contributed by atoms with Crippen LogP contribution in [0.5, 0.6) is 6.01 Å². The van der Waals surface area contributed by atoms with E-state index in [1.54, 1.807) is 6.07 Å². The Morgan fingerprint density at radius 1 is 1.29 bits per heavy atom. The second kappa shape index (κ2) is 5.53. The molecule has 8 heteroatoms. The summed E-state index contributed by atoms with van der Waals surface area (Å²) in [7, 11) is 0. The molecule has 0 aliphatic rings. The van der Waals surface area contributed by atoms with E-state index in [-0.39, 0.29) is 17.7 Å². The van der Waals surface area contributed by atoms with Gasteiger partial charge in [-0.25, -0.2) is 10.1 Å². The monoisotopic (exact) mass is 284 g/mol. The van der Waals surface area contributed by atoms with Crippen LogP contribution in [0.15, 0.2) is 30.5 Å². The van der Waals surface area contributed by atoms with Crippen molar-refractivity contribution in [3.05, 3.63) is 36.2 Å². The molecule has 21 heavy (non-hydrogen) atoms. The van der Waals surface area contributed by atoms with E-state index in [0.29, 0.717) is 12.1 Å². The number of anilines is 1. The van der Waals surface area contributed by atoms with Gasteiger partial charge in [0.2, 0.25) is 5.95 Å². The van der Waals surface area contributed by atoms with Crippen molar-refractivity contribution >= 4 is 22.9 Å². The number of hydrogen-bond acceptors (Lipinski definition) is 6. The fourth-order valence-corrected chi connectivity index (χ4v) is 1.73. The van der Waals surface area contributed by atoms with Crippen molar-refractivity contribution in [3.63, 3.8) is 0 Å². The molecule has 2 aromatic heterocycles. The number of ether oxygens (including phenoxy) is 1. The molecule has 0 radical (unpaired) electrons. The van der Waals surface area contributed by atoms with Gasteiger partial charge in [0.25, 0.3) is 5.91 Å². The Morgan fingerprint density at radius 3 is 2.90 bits per heavy atom. The van der Waals surface area contributed by atoms with Crippen molar-refractivity contribution in [3.8, 4) is 6.01 Å². The van der Waals surface area contributed by atoms with Crippen molar-refractivity contribution in [2.24, 2.45) is 0 Å². The first-order valence-corrected chi connectivity index (χ1v) is 6.34. The minimum Gasteiger partial charge on any atom is -0.463 e. The third kappa shape index (κ3) is 2.78. The number of nitrogens with zero attached hydrogens (tertiary/aromatic N) is 4. The first kappa shape index (κ1) is 13.0. The number of nitrogens with one attached hydrogen (secondary N) is 2. The van der Waals surface area contributed by atoms with Gasteiger partial charge in [-0.3, -0.25) is 15.1 Å². The Balaban J connectivity index is 1.79. The van der Waals surface area contributed by atoms with Gasteiger partial charge in [-0.15, -0.1) is 5.10 Å². The maximum atomic E-state index is 12.1. The zero-order valence-corrected chi connectivity index (χ0v) is 11.2. The van der Waals surface area contributed by atoms with Crippen molar-refractivity contribution < 1.29 is 9.53 Å². The molecule has 0 unspecified atom stereocenters. The van der Waals surface area contributed by atoms with Crippen LogP contribution in [0.2, 0.25) is 0 Å². The SMILES string of the molecule is CCOc1n[nH]c(NC(=O)c2cnc3ccccc3n2)n1. The maximum Gasteiger partial charge on any atom is 0.337 e. The molecule has 2 heterocycles. The number of carbonyl (C=O) groups excluding carboxylic acids is 1. The number of amides is 1. The van der Waals surface area contributed by atoms with E-state index >= 15 is 0 Å². The molecule has 0 bridgehead atoms. The van der Waals surface area contributed by atoms with Crippen LogP contribution in [-0.4, -0.2) is 37.7 Å². The molecule has 3 rings (SSSR count). The minimum atomic E-state index is -0.424. The molecule has 1 amide bonds. The molecule has 0 spiro atoms. The summed E-state index contributed by atoms with van der Waals surface area (Å²) in [5.41, 5.74) is 1.58. The van der Waals surface area contributed by atoms with Crippen LogP contribution < -0.4 is 10.1 Å². The number of aromatic amines is 1. The van der Waals surface area contributed by atoms with Gasteiger partial charge in [0.05, 0.1) is 23.8 Å². The molecule has 0 atom stereocenters. The van der Waals surface area contributed by atoms with Crippen LogP contribution in [0.25, 0.3) is 11.0 Å². The highest BCUT2D eigenvalue weighted by Crippen LogP contribution is 2.10. The van der Waals surface area contributed by atoms with Gasteiger partial charge in [0.15, 0.2) is 0 Å². The number of hydrogen-bond donors (Lipinski definition) is 2. The van der Waals surface area contributed by atoms with Gasteiger partial charge < -0.3 is 4.74 Å². The lowest BCUT2D eigenvalue weighted by Gasteiger charge is -2.01. The molecule has 0 saturated carbocycles. The van der Waals surface area contributed by atoms with Crippen LogP contribution in [-0.2, 0) is 0 Å². The summed E-state index contributed by atoms with van der Waals surface area (Å²) in [5.74, 6) is -0.231. The number of benzene rings is 1. The lowest BCUT2D eigenvalue weighted by molar-refractivity contribution is 0.102. The van der Waals surface area contributed by atoms with E-state index in [9.17, 15) is 4.79 Å². The Morgan fingerprint density at radius 2 is 2.10 bits per heavy atom. The number of aromatic nitrogens is 5. The van der Waals surface area contributed by atoms with Gasteiger partial charge in [0, 0.05) is 0 Å². The van der Waals surface area contributed by atoms with Crippen molar-refractivity contribution in [1.82, 2.24) is 25.1 Å². The second-order valence-electron chi connectivity index (χ2n) is 4.10. The van der Waals surface area contributed by atoms with Crippen LogP contribution in [0, 0.1) is 0 Å². The van der Waals surface area contributed by atoms with Gasteiger partial charge in [-0.1, -0.05) is 12.1 Å². The summed E-state index contributed by atoms with van der Waals surface area (Å²) in [4.78, 5) is 24.5. The molecule has 8 nitrogen and oxygen atoms in total. The summed E-state index contributed by atoms with van der Waals surface area (Å²) in [5, 5.41) is 8.91. The standard InChI is InChI=1S/C13H12N6O2/c1-2-21-13-17-12(18-19-13)16-11(20)10-7-14-8-5-3-4-6-9(8)15-10/h3-7H,2H2,1H3,(H2,16,17,18,19,20). The summed E-state index contributed by atoms with van der Waals surface area (Å²) < 4.78 is 5.10. The molecule has 2 N–H and O–H groups in total. The van der Waals surface area contributed by atoms with E-state index in [1.165, 1.54) is 6.20 Å². The molecular weight excluding hydrogens is 272 g/mol. The smallest absolute Gasteiger partial charge is 0.337 e. The van der Waals surface area contributed by atoms with Gasteiger partial charge >= 0.3 is 6.01 Å². The van der Waals surface area contributed by atoms with E-state index < -0.39 is 5.91 Å². The predicted octanol–water partition coefficient (Wildman–Crippen LogP) is 1.40. The quantitative estimate of drug-likeness (QED) is 0.750. The van der Waals surface area contributed by atoms with Crippen molar-refractivity contribution in [2.45, 2.75) is 6.92 Å². The zero-order valence-electron chi connectivity index (χ0n) is 11.2. The number of H-pyrrole nitrogens is 1. The minimum absolute atomic E-state index is 0.178. The number of para-hydroxylation sites is 2. The predicted molar refractivity (Wildman–Crippen MR) is 75.0 cm³/mol. The number of rotatable bonds is 4. The Bertz CT molecular complexity index is 785. The molecular formula is C13H12N6O2. The van der Waals surface area contributed by atoms with Gasteiger partial charge in [-0.05, 0) is 19.1 Å². The van der Waals surface area contributed by atoms with E-state index in [1.807, 2.05) is 25.1 Å². The molecule has 0 aliphatic heterocycles. The van der Waals surface area contributed by atoms with Crippen molar-refractivity contribution in [1.29, 1.82) is 0 Å². The lowest BCUT2D eigenvalue weighted by Crippen LogP contribution is -2.15. The summed E-state index contributed by atoms with van der Waals surface area (Å²) in [6.07, 6.45) is 1.41. The molecule has 3 aromatic rings. The molecule has 106 valence electrons. The second-order valence-corrected chi connectivity index (χ2v) is 4.10. The highest BCUT2D eigenvalue weighted by atomic mass is 16.5. The highest BCUT2D eigenvalue weighted by molar-refractivity contribution is 6.02. The maximum absolute atomic E-state index is 12.1. The average molecular weight is 284 g/mol. The fraction of sp³-hybridized carbons (Fsp3) is 0.154. The van der Waals surface area contributed by atoms with Crippen LogP contribution in [0.1, 0.15) is 17.4 Å². The molecule has 0 saturated heterocycles. The van der Waals surface area contributed by atoms with E-state index in [0.717, 1.165) is 5.52 Å². The Hall–Kier alpha value is -3.03. The van der Waals surface area contributed by atoms with Gasteiger partial charge in [0.1, 0.15) is 5.69 Å². The van der Waals surface area contributed by atoms with Crippen LogP contribution in [0.3, 0.4) is 0 Å². The summed E-state index contributed by atoms with van der Waals surface area (Å²) in [6, 6.07) is 7.50. The number of carbonyl (C=O) groups is 1. The molecule has 1 aromatic carbocycles. The first-order valence-electron chi connectivity index (χ1n) is 6.34. The zero-order chi connectivity index (χ0) is 14.7. The Kier molecular flexibility index (Phi) is 3.42. The average Bonchev–Trinajstić information content (AvgIpc) is 2.94. The molecule has 0 aliphatic carbocycles. The highest BCUT2D eigenvalue weighted by Gasteiger charge is 2.12. The van der Waals surface area contributed by atoms with Crippen LogP contribution >= 0.6 is 0 Å². The normalized spacial score (nSPS) is 10.5. The first-order chi connectivity index (χ1) is 10.3. The molecule has 0 fully saturated rings. The summed E-state index contributed by atoms with van der Waals surface area (Å²) >= 11 is 0. The topological polar surface area (TPSA) is 106 Å². The Labute approximate surface area is 119 Å². The lowest BCUT2D eigenvalue weighted by atomic mass is 10.3. The van der Waals surface area contributed by atoms with Crippen molar-refractivity contribution in [2.75, 3.05) is 11.9 Å². The van der Waals surface area contributed by atoms with Gasteiger partial charge in [-0.2, -0.15) is 4.98 Å². The van der Waals surface area contributed by atoms with Crippen LogP contribution in [0.4, 0.5) is 5.95 Å². The van der Waals surface area contributed by atoms with E-state index in [4.69, 9.17) is 4.74 Å². The van der Waals surface area contributed by atoms with E-state index in [2.05, 4.69) is 30.5 Å². The fourth-order valence-electron chi connectivity index (χ4n) is 1.73. The largest absolute Gasteiger partial charge is 0.463 e.